The maximum atomic E-state index is 6.01. The van der Waals surface area contributed by atoms with E-state index in [1.807, 2.05) is 7.11 Å². The van der Waals surface area contributed by atoms with Crippen LogP contribution in [-0.2, 0) is 11.2 Å². The number of methoxy groups -OCH3 is 1. The fourth-order valence-corrected chi connectivity index (χ4v) is 3.83. The third-order valence-electron chi connectivity index (χ3n) is 4.89. The second-order valence-corrected chi connectivity index (χ2v) is 6.94. The molecule has 0 aromatic heterocycles. The standard InChI is InChI=1S/C17H26BrNO/c1-13-8-10-17(20-3,11-9-13)16(19-2)12-14-6-4-5-7-15(14)18/h4-7,13,16,19H,8-12H2,1-3H3. The van der Waals surface area contributed by atoms with Gasteiger partial charge in [0.05, 0.1) is 5.60 Å². The summed E-state index contributed by atoms with van der Waals surface area (Å²) in [5, 5.41) is 3.51. The second kappa shape index (κ2) is 7.06. The van der Waals surface area contributed by atoms with Gasteiger partial charge in [-0.3, -0.25) is 0 Å². The first-order chi connectivity index (χ1) is 9.61. The minimum absolute atomic E-state index is 0.0173. The molecule has 1 atom stereocenters. The first-order valence-corrected chi connectivity index (χ1v) is 8.36. The molecule has 0 amide bonds. The van der Waals surface area contributed by atoms with E-state index in [0.717, 1.165) is 25.2 Å². The molecule has 0 spiro atoms. The van der Waals surface area contributed by atoms with E-state index in [1.165, 1.54) is 22.9 Å². The van der Waals surface area contributed by atoms with Crippen LogP contribution in [0.3, 0.4) is 0 Å². The summed E-state index contributed by atoms with van der Waals surface area (Å²) >= 11 is 3.66. The van der Waals surface area contributed by atoms with Crippen molar-refractivity contribution in [2.45, 2.75) is 50.7 Å². The van der Waals surface area contributed by atoms with Crippen molar-refractivity contribution in [3.63, 3.8) is 0 Å². The molecule has 0 saturated heterocycles. The van der Waals surface area contributed by atoms with Crippen LogP contribution in [0.1, 0.15) is 38.2 Å². The number of hydrogen-bond donors (Lipinski definition) is 1. The molecule has 3 heteroatoms. The summed E-state index contributed by atoms with van der Waals surface area (Å²) < 4.78 is 7.20. The lowest BCUT2D eigenvalue weighted by molar-refractivity contribution is -0.0730. The van der Waals surface area contributed by atoms with E-state index in [2.05, 4.69) is 59.5 Å². The zero-order valence-corrected chi connectivity index (χ0v) is 14.4. The Morgan fingerprint density at radius 1 is 1.35 bits per heavy atom. The van der Waals surface area contributed by atoms with Gasteiger partial charge in [-0.25, -0.2) is 0 Å². The lowest BCUT2D eigenvalue weighted by atomic mass is 9.74. The van der Waals surface area contributed by atoms with Crippen molar-refractivity contribution in [2.75, 3.05) is 14.2 Å². The number of likely N-dealkylation sites (N-methyl/N-ethyl adjacent to an activating group) is 1. The average molecular weight is 340 g/mol. The Kier molecular flexibility index (Phi) is 5.65. The summed E-state index contributed by atoms with van der Waals surface area (Å²) in [6, 6.07) is 8.85. The van der Waals surface area contributed by atoms with Crippen LogP contribution < -0.4 is 5.32 Å². The number of ether oxygens (including phenoxy) is 1. The largest absolute Gasteiger partial charge is 0.377 e. The number of benzene rings is 1. The summed E-state index contributed by atoms with van der Waals surface area (Å²) in [6.07, 6.45) is 5.84. The SMILES string of the molecule is CNC(Cc1ccccc1Br)C1(OC)CCC(C)CC1. The molecule has 1 N–H and O–H groups in total. The van der Waals surface area contributed by atoms with Gasteiger partial charge in [0.2, 0.25) is 0 Å². The third kappa shape index (κ3) is 3.44. The zero-order chi connectivity index (χ0) is 14.6. The normalized spacial score (nSPS) is 28.3. The molecular weight excluding hydrogens is 314 g/mol. The van der Waals surface area contributed by atoms with Gasteiger partial charge >= 0.3 is 0 Å². The van der Waals surface area contributed by atoms with E-state index in [-0.39, 0.29) is 5.60 Å². The highest BCUT2D eigenvalue weighted by atomic mass is 79.9. The molecular formula is C17H26BrNO. The first kappa shape index (κ1) is 16.0. The Hall–Kier alpha value is -0.380. The molecule has 0 bridgehead atoms. The Balaban J connectivity index is 2.16. The van der Waals surface area contributed by atoms with Crippen LogP contribution in [0, 0.1) is 5.92 Å². The molecule has 0 heterocycles. The van der Waals surface area contributed by atoms with Crippen molar-refractivity contribution in [1.29, 1.82) is 0 Å². The molecule has 1 aromatic carbocycles. The molecule has 0 aliphatic heterocycles. The van der Waals surface area contributed by atoms with Crippen LogP contribution in [0.4, 0.5) is 0 Å². The third-order valence-corrected chi connectivity index (χ3v) is 5.67. The predicted molar refractivity (Wildman–Crippen MR) is 88.1 cm³/mol. The highest BCUT2D eigenvalue weighted by Gasteiger charge is 2.40. The van der Waals surface area contributed by atoms with Crippen molar-refractivity contribution >= 4 is 15.9 Å². The molecule has 1 saturated carbocycles. The van der Waals surface area contributed by atoms with Crippen LogP contribution >= 0.6 is 15.9 Å². The van der Waals surface area contributed by atoms with Gasteiger partial charge in [-0.15, -0.1) is 0 Å². The van der Waals surface area contributed by atoms with E-state index in [1.54, 1.807) is 0 Å². The molecule has 1 fully saturated rings. The molecule has 20 heavy (non-hydrogen) atoms. The van der Waals surface area contributed by atoms with E-state index in [4.69, 9.17) is 4.74 Å². The van der Waals surface area contributed by atoms with Crippen LogP contribution in [0.2, 0.25) is 0 Å². The predicted octanol–water partition coefficient (Wildman–Crippen LogP) is 4.17. The molecule has 2 rings (SSSR count). The Morgan fingerprint density at radius 3 is 2.55 bits per heavy atom. The molecule has 1 aliphatic carbocycles. The molecule has 1 aromatic rings. The molecule has 112 valence electrons. The maximum absolute atomic E-state index is 6.01. The first-order valence-electron chi connectivity index (χ1n) is 7.57. The van der Waals surface area contributed by atoms with Gasteiger partial charge in [-0.05, 0) is 56.7 Å². The van der Waals surface area contributed by atoms with Gasteiger partial charge in [0.1, 0.15) is 0 Å². The molecule has 1 unspecified atom stereocenters. The lowest BCUT2D eigenvalue weighted by Gasteiger charge is -2.44. The lowest BCUT2D eigenvalue weighted by Crippen LogP contribution is -2.54. The molecule has 2 nitrogen and oxygen atoms in total. The Labute approximate surface area is 131 Å². The van der Waals surface area contributed by atoms with Gasteiger partial charge in [-0.2, -0.15) is 0 Å². The highest BCUT2D eigenvalue weighted by molar-refractivity contribution is 9.10. The minimum atomic E-state index is -0.0173. The summed E-state index contributed by atoms with van der Waals surface area (Å²) in [5.74, 6) is 0.833. The van der Waals surface area contributed by atoms with Crippen molar-refractivity contribution in [1.82, 2.24) is 5.32 Å². The van der Waals surface area contributed by atoms with Crippen molar-refractivity contribution in [2.24, 2.45) is 5.92 Å². The van der Waals surface area contributed by atoms with E-state index in [9.17, 15) is 0 Å². The fraction of sp³-hybridized carbons (Fsp3) is 0.647. The number of hydrogen-bond acceptors (Lipinski definition) is 2. The van der Waals surface area contributed by atoms with Gasteiger partial charge in [0.15, 0.2) is 0 Å². The molecule has 0 radical (unpaired) electrons. The topological polar surface area (TPSA) is 21.3 Å². The second-order valence-electron chi connectivity index (χ2n) is 6.09. The van der Waals surface area contributed by atoms with Crippen molar-refractivity contribution < 1.29 is 4.74 Å². The average Bonchev–Trinajstić information content (AvgIpc) is 2.48. The van der Waals surface area contributed by atoms with E-state index < -0.39 is 0 Å². The van der Waals surface area contributed by atoms with Gasteiger partial charge in [0.25, 0.3) is 0 Å². The number of halogens is 1. The smallest absolute Gasteiger partial charge is 0.0834 e. The Morgan fingerprint density at radius 2 is 2.00 bits per heavy atom. The summed E-state index contributed by atoms with van der Waals surface area (Å²) in [5.41, 5.74) is 1.33. The van der Waals surface area contributed by atoms with Crippen LogP contribution in [0.15, 0.2) is 28.7 Å². The summed E-state index contributed by atoms with van der Waals surface area (Å²) in [4.78, 5) is 0. The van der Waals surface area contributed by atoms with Crippen LogP contribution in [0.5, 0.6) is 0 Å². The van der Waals surface area contributed by atoms with E-state index >= 15 is 0 Å². The van der Waals surface area contributed by atoms with Crippen molar-refractivity contribution in [3.05, 3.63) is 34.3 Å². The van der Waals surface area contributed by atoms with Crippen LogP contribution in [0.25, 0.3) is 0 Å². The summed E-state index contributed by atoms with van der Waals surface area (Å²) in [6.45, 7) is 2.35. The van der Waals surface area contributed by atoms with Crippen LogP contribution in [-0.4, -0.2) is 25.8 Å². The van der Waals surface area contributed by atoms with Crippen molar-refractivity contribution in [3.8, 4) is 0 Å². The highest BCUT2D eigenvalue weighted by Crippen LogP contribution is 2.38. The maximum Gasteiger partial charge on any atom is 0.0834 e. The summed E-state index contributed by atoms with van der Waals surface area (Å²) in [7, 11) is 3.93. The van der Waals surface area contributed by atoms with Gasteiger partial charge in [0, 0.05) is 17.6 Å². The Bertz CT molecular complexity index is 427. The number of rotatable bonds is 5. The zero-order valence-electron chi connectivity index (χ0n) is 12.8. The fourth-order valence-electron chi connectivity index (χ4n) is 3.38. The molecule has 1 aliphatic rings. The van der Waals surface area contributed by atoms with Gasteiger partial charge in [-0.1, -0.05) is 41.1 Å². The minimum Gasteiger partial charge on any atom is -0.377 e. The monoisotopic (exact) mass is 339 g/mol. The van der Waals surface area contributed by atoms with E-state index in [0.29, 0.717) is 6.04 Å². The van der Waals surface area contributed by atoms with Gasteiger partial charge < -0.3 is 10.1 Å². The quantitative estimate of drug-likeness (QED) is 0.868. The number of nitrogens with one attached hydrogen (secondary N) is 1.